The number of carbonyl (C=O) groups excluding carboxylic acids is 1. The third-order valence-corrected chi connectivity index (χ3v) is 4.77. The fourth-order valence-electron chi connectivity index (χ4n) is 3.27. The highest BCUT2D eigenvalue weighted by Gasteiger charge is 2.24. The molecule has 1 aliphatic rings. The van der Waals surface area contributed by atoms with Crippen LogP contribution in [-0.2, 0) is 11.2 Å². The second-order valence-electron chi connectivity index (χ2n) is 6.43. The van der Waals surface area contributed by atoms with Crippen LogP contribution in [0.2, 0.25) is 0 Å². The Bertz CT molecular complexity index is 674. The Hall–Kier alpha value is -2.21. The van der Waals surface area contributed by atoms with E-state index < -0.39 is 0 Å². The molecule has 0 spiro atoms. The van der Waals surface area contributed by atoms with Crippen molar-refractivity contribution in [1.82, 2.24) is 25.2 Å². The summed E-state index contributed by atoms with van der Waals surface area (Å²) in [5.74, 6) is 0.834. The van der Waals surface area contributed by atoms with Crippen LogP contribution >= 0.6 is 0 Å². The summed E-state index contributed by atoms with van der Waals surface area (Å²) in [6, 6.07) is 9.88. The van der Waals surface area contributed by atoms with Crippen LogP contribution in [0.3, 0.4) is 0 Å². The second kappa shape index (κ2) is 7.57. The van der Waals surface area contributed by atoms with Gasteiger partial charge in [-0.2, -0.15) is 0 Å². The lowest BCUT2D eigenvalue weighted by atomic mass is 9.96. The molecule has 128 valence electrons. The molecule has 0 saturated carbocycles. The number of nitrogens with zero attached hydrogens (tertiary/aromatic N) is 4. The molecule has 6 heteroatoms. The molecule has 0 bridgehead atoms. The van der Waals surface area contributed by atoms with Crippen LogP contribution in [0.1, 0.15) is 24.2 Å². The van der Waals surface area contributed by atoms with Gasteiger partial charge in [-0.3, -0.25) is 4.79 Å². The van der Waals surface area contributed by atoms with Crippen LogP contribution in [-0.4, -0.2) is 52.5 Å². The zero-order valence-corrected chi connectivity index (χ0v) is 14.4. The number of aromatic nitrogens is 3. The molecular weight excluding hydrogens is 302 g/mol. The van der Waals surface area contributed by atoms with Crippen LogP contribution < -0.4 is 5.32 Å². The molecule has 0 atom stereocenters. The average Bonchev–Trinajstić information content (AvgIpc) is 2.97. The van der Waals surface area contributed by atoms with Crippen LogP contribution in [0, 0.1) is 12.8 Å². The van der Waals surface area contributed by atoms with Gasteiger partial charge in [-0.15, -0.1) is 5.10 Å². The van der Waals surface area contributed by atoms with Crippen molar-refractivity contribution in [2.75, 3.05) is 26.7 Å². The summed E-state index contributed by atoms with van der Waals surface area (Å²) in [5, 5.41) is 11.7. The van der Waals surface area contributed by atoms with E-state index in [1.807, 2.05) is 49.2 Å². The van der Waals surface area contributed by atoms with E-state index in [4.69, 9.17) is 0 Å². The zero-order valence-electron chi connectivity index (χ0n) is 14.4. The molecule has 1 saturated heterocycles. The number of benzene rings is 1. The molecule has 3 rings (SSSR count). The molecule has 1 fully saturated rings. The highest BCUT2D eigenvalue weighted by Crippen LogP contribution is 2.18. The lowest BCUT2D eigenvalue weighted by Crippen LogP contribution is -2.41. The molecule has 0 radical (unpaired) electrons. The van der Waals surface area contributed by atoms with Gasteiger partial charge in [-0.1, -0.05) is 23.4 Å². The predicted molar refractivity (Wildman–Crippen MR) is 93.0 cm³/mol. The minimum atomic E-state index is 0.154. The molecular formula is C18H25N5O. The van der Waals surface area contributed by atoms with E-state index in [0.717, 1.165) is 49.6 Å². The molecule has 0 aliphatic carbocycles. The van der Waals surface area contributed by atoms with Crippen molar-refractivity contribution < 1.29 is 4.79 Å². The topological polar surface area (TPSA) is 63.1 Å². The number of carbonyl (C=O) groups is 1. The monoisotopic (exact) mass is 327 g/mol. The second-order valence-corrected chi connectivity index (χ2v) is 6.43. The standard InChI is InChI=1S/C18H25N5O/c1-14-17(20-21-23(14)16-6-4-3-5-7-16)12-18(24)22-10-8-15(9-11-22)13-19-2/h3-7,15,19H,8-13H2,1-2H3. The summed E-state index contributed by atoms with van der Waals surface area (Å²) in [4.78, 5) is 14.5. The van der Waals surface area contributed by atoms with Gasteiger partial charge in [0.1, 0.15) is 0 Å². The quantitative estimate of drug-likeness (QED) is 0.905. The molecule has 0 unspecified atom stereocenters. The molecule has 1 aliphatic heterocycles. The lowest BCUT2D eigenvalue weighted by Gasteiger charge is -2.31. The molecule has 2 heterocycles. The van der Waals surface area contributed by atoms with Crippen LogP contribution in [0.25, 0.3) is 5.69 Å². The van der Waals surface area contributed by atoms with Crippen molar-refractivity contribution in [1.29, 1.82) is 0 Å². The third-order valence-electron chi connectivity index (χ3n) is 4.77. The van der Waals surface area contributed by atoms with Gasteiger partial charge in [-0.25, -0.2) is 4.68 Å². The van der Waals surface area contributed by atoms with Crippen molar-refractivity contribution in [2.24, 2.45) is 5.92 Å². The summed E-state index contributed by atoms with van der Waals surface area (Å²) in [6.45, 7) is 4.69. The first-order valence-electron chi connectivity index (χ1n) is 8.58. The molecule has 24 heavy (non-hydrogen) atoms. The van der Waals surface area contributed by atoms with Crippen LogP contribution in [0.15, 0.2) is 30.3 Å². The number of para-hydroxylation sites is 1. The van der Waals surface area contributed by atoms with Crippen LogP contribution in [0.4, 0.5) is 0 Å². The molecule has 1 amide bonds. The summed E-state index contributed by atoms with van der Waals surface area (Å²) >= 11 is 0. The fourth-order valence-corrected chi connectivity index (χ4v) is 3.27. The first-order chi connectivity index (χ1) is 11.7. The van der Waals surface area contributed by atoms with Crippen molar-refractivity contribution >= 4 is 5.91 Å². The van der Waals surface area contributed by atoms with Gasteiger partial charge < -0.3 is 10.2 Å². The zero-order chi connectivity index (χ0) is 16.9. The van der Waals surface area contributed by atoms with E-state index in [2.05, 4.69) is 15.6 Å². The van der Waals surface area contributed by atoms with Crippen molar-refractivity contribution in [2.45, 2.75) is 26.2 Å². The lowest BCUT2D eigenvalue weighted by molar-refractivity contribution is -0.131. The Kier molecular flexibility index (Phi) is 5.25. The maximum absolute atomic E-state index is 12.6. The van der Waals surface area contributed by atoms with Gasteiger partial charge in [0.05, 0.1) is 23.5 Å². The van der Waals surface area contributed by atoms with Gasteiger partial charge in [0.25, 0.3) is 0 Å². The van der Waals surface area contributed by atoms with E-state index >= 15 is 0 Å². The highest BCUT2D eigenvalue weighted by atomic mass is 16.2. The first-order valence-corrected chi connectivity index (χ1v) is 8.58. The van der Waals surface area contributed by atoms with Crippen molar-refractivity contribution in [3.05, 3.63) is 41.7 Å². The molecule has 2 aromatic rings. The van der Waals surface area contributed by atoms with Gasteiger partial charge in [0.15, 0.2) is 0 Å². The maximum Gasteiger partial charge on any atom is 0.228 e. The first kappa shape index (κ1) is 16.6. The molecule has 1 aromatic heterocycles. The Balaban J connectivity index is 1.63. The summed E-state index contributed by atoms with van der Waals surface area (Å²) < 4.78 is 1.79. The van der Waals surface area contributed by atoms with E-state index in [-0.39, 0.29) is 5.91 Å². The van der Waals surface area contributed by atoms with E-state index in [9.17, 15) is 4.79 Å². The summed E-state index contributed by atoms with van der Waals surface area (Å²) in [6.07, 6.45) is 2.47. The predicted octanol–water partition coefficient (Wildman–Crippen LogP) is 1.58. The Morgan fingerprint density at radius 1 is 1.25 bits per heavy atom. The van der Waals surface area contributed by atoms with Crippen molar-refractivity contribution in [3.63, 3.8) is 0 Å². The Morgan fingerprint density at radius 2 is 1.96 bits per heavy atom. The number of rotatable bonds is 5. The number of likely N-dealkylation sites (tertiary alicyclic amines) is 1. The normalized spacial score (nSPS) is 15.7. The Labute approximate surface area is 142 Å². The summed E-state index contributed by atoms with van der Waals surface area (Å²) in [7, 11) is 1.98. The number of hydrogen-bond acceptors (Lipinski definition) is 4. The fraction of sp³-hybridized carbons (Fsp3) is 0.500. The molecule has 1 N–H and O–H groups in total. The highest BCUT2D eigenvalue weighted by molar-refractivity contribution is 5.78. The largest absolute Gasteiger partial charge is 0.342 e. The van der Waals surface area contributed by atoms with Crippen molar-refractivity contribution in [3.8, 4) is 5.69 Å². The smallest absolute Gasteiger partial charge is 0.228 e. The number of amides is 1. The third kappa shape index (κ3) is 3.64. The number of nitrogens with one attached hydrogen (secondary N) is 1. The van der Waals surface area contributed by atoms with Crippen LogP contribution in [0.5, 0.6) is 0 Å². The minimum Gasteiger partial charge on any atom is -0.342 e. The van der Waals surface area contributed by atoms with E-state index in [0.29, 0.717) is 12.3 Å². The van der Waals surface area contributed by atoms with Gasteiger partial charge in [0.2, 0.25) is 5.91 Å². The number of piperidine rings is 1. The average molecular weight is 327 g/mol. The van der Waals surface area contributed by atoms with E-state index in [1.54, 1.807) is 4.68 Å². The van der Waals surface area contributed by atoms with Gasteiger partial charge in [0, 0.05) is 13.1 Å². The molecule has 1 aromatic carbocycles. The minimum absolute atomic E-state index is 0.154. The van der Waals surface area contributed by atoms with Gasteiger partial charge >= 0.3 is 0 Å². The van der Waals surface area contributed by atoms with E-state index in [1.165, 1.54) is 0 Å². The Morgan fingerprint density at radius 3 is 2.62 bits per heavy atom. The molecule has 6 nitrogen and oxygen atoms in total. The summed E-state index contributed by atoms with van der Waals surface area (Å²) in [5.41, 5.74) is 2.66. The maximum atomic E-state index is 12.6. The SMILES string of the molecule is CNCC1CCN(C(=O)Cc2nnn(-c3ccccc3)c2C)CC1. The van der Waals surface area contributed by atoms with Gasteiger partial charge in [-0.05, 0) is 51.4 Å². The number of hydrogen-bond donors (Lipinski definition) is 1.